The van der Waals surface area contributed by atoms with E-state index in [0.717, 1.165) is 49.7 Å². The number of nitrogens with zero attached hydrogens (tertiary/aromatic N) is 1. The highest BCUT2D eigenvalue weighted by Gasteiger charge is 2.47. The zero-order valence-electron chi connectivity index (χ0n) is 20.3. The molecule has 2 aliphatic rings. The maximum atomic E-state index is 15.0. The number of halogens is 1. The number of Topliss-reactive ketones (excluding diaryl/α,β-unsaturated/α-hetero) is 1. The first-order valence-electron chi connectivity index (χ1n) is 12.1. The second-order valence-electron chi connectivity index (χ2n) is 10.6. The van der Waals surface area contributed by atoms with E-state index in [-0.39, 0.29) is 17.7 Å². The SMILES string of the molecule is CCN(C(=O)OC(C)(C)C)c1cc(F)cc2c1CCC(=O)C2(C)C1CCCCC[C@@H](N)C1. The third kappa shape index (κ3) is 5.00. The fraction of sp³-hybridized carbons (Fsp3) is 0.692. The number of ether oxygens (including phenoxy) is 1. The van der Waals surface area contributed by atoms with Crippen molar-refractivity contribution < 1.29 is 18.7 Å². The third-order valence-electron chi connectivity index (χ3n) is 7.18. The van der Waals surface area contributed by atoms with Crippen LogP contribution in [0, 0.1) is 11.7 Å². The monoisotopic (exact) mass is 446 g/mol. The molecular formula is C26H39FN2O3. The van der Waals surface area contributed by atoms with Gasteiger partial charge >= 0.3 is 6.09 Å². The first-order chi connectivity index (χ1) is 15.0. The van der Waals surface area contributed by atoms with Gasteiger partial charge in [-0.15, -0.1) is 0 Å². The molecule has 0 aliphatic heterocycles. The maximum absolute atomic E-state index is 15.0. The average Bonchev–Trinajstić information content (AvgIpc) is 2.67. The molecule has 5 nitrogen and oxygen atoms in total. The number of nitrogens with two attached hydrogens (primary N) is 1. The summed E-state index contributed by atoms with van der Waals surface area (Å²) in [5.41, 5.74) is 7.08. The number of carbonyl (C=O) groups is 2. The summed E-state index contributed by atoms with van der Waals surface area (Å²) >= 11 is 0. The summed E-state index contributed by atoms with van der Waals surface area (Å²) in [5, 5.41) is 0. The van der Waals surface area contributed by atoms with E-state index in [0.29, 0.717) is 25.1 Å². The van der Waals surface area contributed by atoms with Gasteiger partial charge in [-0.2, -0.15) is 0 Å². The van der Waals surface area contributed by atoms with E-state index in [1.165, 1.54) is 17.0 Å². The largest absolute Gasteiger partial charge is 0.443 e. The van der Waals surface area contributed by atoms with Crippen molar-refractivity contribution >= 4 is 17.6 Å². The minimum absolute atomic E-state index is 0.0530. The van der Waals surface area contributed by atoms with E-state index in [1.807, 2.05) is 34.6 Å². The molecule has 0 aromatic heterocycles. The molecule has 2 unspecified atom stereocenters. The van der Waals surface area contributed by atoms with Crippen LogP contribution in [0.1, 0.15) is 90.7 Å². The number of rotatable bonds is 3. The van der Waals surface area contributed by atoms with Crippen molar-refractivity contribution in [3.05, 3.63) is 29.1 Å². The van der Waals surface area contributed by atoms with Gasteiger partial charge in [0.2, 0.25) is 0 Å². The Bertz CT molecular complexity index is 863. The van der Waals surface area contributed by atoms with E-state index in [4.69, 9.17) is 10.5 Å². The molecule has 32 heavy (non-hydrogen) atoms. The van der Waals surface area contributed by atoms with Gasteiger partial charge in [0.15, 0.2) is 0 Å². The van der Waals surface area contributed by atoms with Gasteiger partial charge in [0.05, 0.1) is 11.1 Å². The van der Waals surface area contributed by atoms with E-state index in [9.17, 15) is 14.0 Å². The zero-order valence-corrected chi connectivity index (χ0v) is 20.3. The third-order valence-corrected chi connectivity index (χ3v) is 7.18. The van der Waals surface area contributed by atoms with Crippen LogP contribution >= 0.6 is 0 Å². The lowest BCUT2D eigenvalue weighted by atomic mass is 9.60. The van der Waals surface area contributed by atoms with E-state index in [2.05, 4.69) is 0 Å². The molecule has 1 saturated carbocycles. The Morgan fingerprint density at radius 3 is 2.56 bits per heavy atom. The summed E-state index contributed by atoms with van der Waals surface area (Å²) in [6.07, 6.45) is 6.30. The van der Waals surface area contributed by atoms with Crippen LogP contribution in [0.2, 0.25) is 0 Å². The summed E-state index contributed by atoms with van der Waals surface area (Å²) in [5.74, 6) is -0.216. The fourth-order valence-corrected chi connectivity index (χ4v) is 5.50. The molecule has 0 saturated heterocycles. The van der Waals surface area contributed by atoms with Gasteiger partial charge in [-0.05, 0) is 89.5 Å². The molecule has 2 aliphatic carbocycles. The summed E-state index contributed by atoms with van der Waals surface area (Å²) in [6.45, 7) is 9.61. The first-order valence-corrected chi connectivity index (χ1v) is 12.1. The van der Waals surface area contributed by atoms with Crippen LogP contribution in [0.4, 0.5) is 14.9 Å². The quantitative estimate of drug-likeness (QED) is 0.650. The number of anilines is 1. The zero-order chi connectivity index (χ0) is 23.7. The maximum Gasteiger partial charge on any atom is 0.414 e. The molecule has 3 atom stereocenters. The molecule has 6 heteroatoms. The predicted octanol–water partition coefficient (Wildman–Crippen LogP) is 5.66. The Morgan fingerprint density at radius 2 is 1.91 bits per heavy atom. The van der Waals surface area contributed by atoms with Gasteiger partial charge in [-0.25, -0.2) is 9.18 Å². The molecule has 1 aromatic carbocycles. The summed E-state index contributed by atoms with van der Waals surface area (Å²) < 4.78 is 20.6. The molecule has 0 heterocycles. The van der Waals surface area contributed by atoms with Crippen molar-refractivity contribution in [3.63, 3.8) is 0 Å². The lowest BCUT2D eigenvalue weighted by Crippen LogP contribution is -2.47. The topological polar surface area (TPSA) is 72.6 Å². The van der Waals surface area contributed by atoms with Gasteiger partial charge in [0.25, 0.3) is 0 Å². The number of carbonyl (C=O) groups excluding carboxylic acids is 2. The molecule has 0 radical (unpaired) electrons. The van der Waals surface area contributed by atoms with Crippen molar-refractivity contribution in [1.29, 1.82) is 0 Å². The summed E-state index contributed by atoms with van der Waals surface area (Å²) in [4.78, 5) is 27.8. The highest BCUT2D eigenvalue weighted by atomic mass is 19.1. The van der Waals surface area contributed by atoms with Crippen LogP contribution in [-0.2, 0) is 21.4 Å². The van der Waals surface area contributed by atoms with Crippen LogP contribution in [0.25, 0.3) is 0 Å². The Morgan fingerprint density at radius 1 is 1.22 bits per heavy atom. The van der Waals surface area contributed by atoms with Crippen LogP contribution in [0.5, 0.6) is 0 Å². The molecule has 178 valence electrons. The van der Waals surface area contributed by atoms with E-state index < -0.39 is 22.9 Å². The summed E-state index contributed by atoms with van der Waals surface area (Å²) in [7, 11) is 0. The predicted molar refractivity (Wildman–Crippen MR) is 126 cm³/mol. The Hall–Kier alpha value is -1.95. The Labute approximate surface area is 191 Å². The van der Waals surface area contributed by atoms with Crippen LogP contribution in [-0.4, -0.2) is 30.1 Å². The van der Waals surface area contributed by atoms with E-state index >= 15 is 0 Å². The van der Waals surface area contributed by atoms with Crippen LogP contribution in [0.3, 0.4) is 0 Å². The Balaban J connectivity index is 2.09. The second-order valence-corrected chi connectivity index (χ2v) is 10.6. The number of benzene rings is 1. The average molecular weight is 447 g/mol. The first kappa shape index (κ1) is 24.7. The van der Waals surface area contributed by atoms with Crippen molar-refractivity contribution in [3.8, 4) is 0 Å². The van der Waals surface area contributed by atoms with Gasteiger partial charge < -0.3 is 10.5 Å². The molecule has 1 fully saturated rings. The second kappa shape index (κ2) is 9.50. The van der Waals surface area contributed by atoms with Crippen molar-refractivity contribution in [1.82, 2.24) is 0 Å². The Kier molecular flexibility index (Phi) is 7.33. The lowest BCUT2D eigenvalue weighted by molar-refractivity contribution is -0.127. The normalized spacial score (nSPS) is 26.7. The number of fused-ring (bicyclic) bond motifs is 1. The van der Waals surface area contributed by atoms with Gasteiger partial charge in [-0.1, -0.05) is 19.3 Å². The number of hydrogen-bond donors (Lipinski definition) is 1. The summed E-state index contributed by atoms with van der Waals surface area (Å²) in [6, 6.07) is 2.98. The van der Waals surface area contributed by atoms with Crippen molar-refractivity contribution in [2.45, 2.75) is 103 Å². The number of ketones is 1. The molecule has 3 rings (SSSR count). The molecule has 1 amide bonds. The molecule has 0 bridgehead atoms. The van der Waals surface area contributed by atoms with Crippen LogP contribution < -0.4 is 10.6 Å². The molecule has 2 N–H and O–H groups in total. The minimum atomic E-state index is -0.799. The van der Waals surface area contributed by atoms with Gasteiger partial charge in [0.1, 0.15) is 17.2 Å². The highest BCUT2D eigenvalue weighted by molar-refractivity contribution is 5.95. The van der Waals surface area contributed by atoms with Crippen molar-refractivity contribution in [2.75, 3.05) is 11.4 Å². The number of amides is 1. The van der Waals surface area contributed by atoms with Gasteiger partial charge in [0, 0.05) is 19.0 Å². The van der Waals surface area contributed by atoms with E-state index in [1.54, 1.807) is 0 Å². The highest BCUT2D eigenvalue weighted by Crippen LogP contribution is 2.47. The van der Waals surface area contributed by atoms with Crippen LogP contribution in [0.15, 0.2) is 12.1 Å². The van der Waals surface area contributed by atoms with Crippen molar-refractivity contribution in [2.24, 2.45) is 11.7 Å². The molecular weight excluding hydrogens is 407 g/mol. The molecule has 1 aromatic rings. The molecule has 0 spiro atoms. The lowest BCUT2D eigenvalue weighted by Gasteiger charge is -2.44. The van der Waals surface area contributed by atoms with Gasteiger partial charge in [-0.3, -0.25) is 9.69 Å². The standard InChI is InChI=1S/C26H39FN2O3/c1-6-29(24(31)32-25(2,3)4)22-16-18(27)15-21-20(22)12-13-23(30)26(21,5)17-10-8-7-9-11-19(28)14-17/h15-17,19H,6-14,28H2,1-5H3/t17?,19-,26?/m1/s1. The number of hydrogen-bond acceptors (Lipinski definition) is 4. The smallest absolute Gasteiger partial charge is 0.414 e. The minimum Gasteiger partial charge on any atom is -0.443 e. The fourth-order valence-electron chi connectivity index (χ4n) is 5.50.